The van der Waals surface area contributed by atoms with E-state index in [9.17, 15) is 102 Å². The Balaban J connectivity index is 0.000000210. The molecule has 15 amide bonds. The summed E-state index contributed by atoms with van der Waals surface area (Å²) in [6, 6.07) is 44.3. The van der Waals surface area contributed by atoms with E-state index in [-0.39, 0.29) is 131 Å². The molecule has 800 valence electrons. The summed E-state index contributed by atoms with van der Waals surface area (Å²) in [6.07, 6.45) is 19.6. The van der Waals surface area contributed by atoms with Crippen LogP contribution in [-0.2, 0) is 38.1 Å². The van der Waals surface area contributed by atoms with E-state index < -0.39 is 102 Å². The van der Waals surface area contributed by atoms with Gasteiger partial charge in [0.25, 0.3) is 70.9 Å². The van der Waals surface area contributed by atoms with Crippen molar-refractivity contribution in [2.75, 3.05) is 79.1 Å². The van der Waals surface area contributed by atoms with Crippen molar-refractivity contribution in [3.05, 3.63) is 253 Å². The minimum atomic E-state index is -1.10. The summed E-state index contributed by atoms with van der Waals surface area (Å²) < 4.78 is 26.5. The first-order chi connectivity index (χ1) is 71.7. The molecule has 0 spiro atoms. The van der Waals surface area contributed by atoms with Crippen LogP contribution in [0.5, 0.6) is 0 Å². The van der Waals surface area contributed by atoms with Crippen LogP contribution >= 0.6 is 15.9 Å². The third-order valence-electron chi connectivity index (χ3n) is 26.7. The number of amides is 15. The first kappa shape index (κ1) is 124. The van der Waals surface area contributed by atoms with E-state index in [2.05, 4.69) is 37.6 Å². The van der Waals surface area contributed by atoms with Gasteiger partial charge < -0.3 is 84.2 Å². The van der Waals surface area contributed by atoms with Gasteiger partial charge in [0, 0.05) is 63.6 Å². The van der Waals surface area contributed by atoms with E-state index in [1.165, 1.54) is 47.4 Å². The van der Waals surface area contributed by atoms with Gasteiger partial charge in [-0.15, -0.1) is 0 Å². The monoisotopic (exact) mass is 2160 g/mol. The Kier molecular flexibility index (Phi) is 51.1. The average Bonchev–Trinajstić information content (AvgIpc) is 1.62. The number of carbonyl (C=O) groups excluding carboxylic acids is 18. The van der Waals surface area contributed by atoms with Crippen molar-refractivity contribution in [2.24, 2.45) is 29.4 Å². The largest absolute Gasteiger partial charge is 1.00 e. The second-order valence-corrected chi connectivity index (χ2v) is 38.2. The quantitative estimate of drug-likeness (QED) is 0.00872. The first-order valence-electron chi connectivity index (χ1n) is 50.9. The molecule has 0 radical (unpaired) electrons. The van der Waals surface area contributed by atoms with Crippen LogP contribution in [0.25, 0.3) is 5.32 Å². The molecule has 0 saturated heterocycles. The maximum atomic E-state index is 13.1. The molecule has 4 aliphatic carbocycles. The zero-order chi connectivity index (χ0) is 109. The number of benzene rings is 7. The molecule has 7 N–H and O–H groups in total. The first-order valence-corrected chi connectivity index (χ1v) is 52.0. The number of imide groups is 7. The number of rotatable bonds is 28. The molecule has 7 aromatic carbocycles. The number of alkyl halides is 1. The van der Waals surface area contributed by atoms with Gasteiger partial charge in [0.05, 0.1) is 127 Å². The SMILES string of the molecule is CCOC(CBr)OCC.CCOC(CN1C(=O)c2ccccc2C1=O)OCC.CN.CN(C[C@H]([C@@H](O)C1CCCCC1)N1C(=O)c2ccccc2C1=O)C(=O)OC(C)(C)C.CNC[C@H]([C@@H](O)C1CCCCC1)N1C(=O)c2ccccc2C1=O.O=C1NC(=O)c2ccccc21.O=C1[N-]C(=O)c2ccccc21.O=CC1CCCCC1.O=CCN1C(=O)c2ccccc2C1=O.O=C[C@H]([C@@H](O)C1CCCCC1)N1C(=O)c2ccccc2C1=O.[K+]. The molecular weight excluding hydrogens is 2020 g/mol. The van der Waals surface area contributed by atoms with Crippen LogP contribution in [-0.4, -0.2) is 286 Å². The third kappa shape index (κ3) is 32.3. The molecule has 0 aromatic heterocycles. The smallest absolute Gasteiger partial charge is 0.587 e. The topological polar surface area (TPSA) is 498 Å². The predicted octanol–water partition coefficient (Wildman–Crippen LogP) is 11.3. The number of aliphatic hydroxyl groups excluding tert-OH is 3. The Labute approximate surface area is 926 Å². The van der Waals surface area contributed by atoms with Crippen LogP contribution in [0.15, 0.2) is 170 Å². The van der Waals surface area contributed by atoms with Gasteiger partial charge in [0.15, 0.2) is 12.6 Å². The normalized spacial score (nSPS) is 17.5. The van der Waals surface area contributed by atoms with Gasteiger partial charge >= 0.3 is 57.5 Å². The van der Waals surface area contributed by atoms with E-state index in [1.54, 1.807) is 205 Å². The number of nitrogens with two attached hydrogens (primary N) is 1. The summed E-state index contributed by atoms with van der Waals surface area (Å²) >= 11 is 3.27. The summed E-state index contributed by atoms with van der Waals surface area (Å²) in [6.45, 7) is 15.6. The van der Waals surface area contributed by atoms with Gasteiger partial charge in [-0.25, -0.2) is 4.79 Å². The number of ether oxygens (including phenoxy) is 5. The van der Waals surface area contributed by atoms with Crippen LogP contribution in [0.2, 0.25) is 0 Å². The number of hydrogen-bond acceptors (Lipinski definition) is 28. The Morgan fingerprint density at radius 1 is 0.427 bits per heavy atom. The van der Waals surface area contributed by atoms with Crippen LogP contribution in [0.3, 0.4) is 0 Å². The molecule has 6 atom stereocenters. The van der Waals surface area contributed by atoms with Crippen molar-refractivity contribution in [3.8, 4) is 0 Å². The molecule has 4 saturated carbocycles. The van der Waals surface area contributed by atoms with Gasteiger partial charge in [0.2, 0.25) is 0 Å². The third-order valence-corrected chi connectivity index (χ3v) is 27.2. The minimum Gasteiger partial charge on any atom is -0.587 e. The molecule has 38 heteroatoms. The van der Waals surface area contributed by atoms with Crippen molar-refractivity contribution >= 4 is 124 Å². The maximum absolute atomic E-state index is 13.1. The zero-order valence-corrected chi connectivity index (χ0v) is 91.9. The number of nitrogens with zero attached hydrogens (tertiary/aromatic N) is 7. The van der Waals surface area contributed by atoms with Crippen LogP contribution in [0.4, 0.5) is 4.79 Å². The Bertz CT molecular complexity index is 5510. The summed E-state index contributed by atoms with van der Waals surface area (Å²) in [4.78, 5) is 219. The fourth-order valence-electron chi connectivity index (χ4n) is 19.3. The van der Waals surface area contributed by atoms with Crippen LogP contribution in [0.1, 0.15) is 322 Å². The van der Waals surface area contributed by atoms with Gasteiger partial charge in [-0.2, -0.15) is 0 Å². The van der Waals surface area contributed by atoms with E-state index in [0.29, 0.717) is 129 Å². The molecule has 7 aromatic rings. The number of hydrogen-bond donors (Lipinski definition) is 6. The van der Waals surface area contributed by atoms with Crippen molar-refractivity contribution < 1.29 is 177 Å². The number of aldehydes is 3. The maximum Gasteiger partial charge on any atom is 1.00 e. The molecule has 7 heterocycles. The number of nitrogens with one attached hydrogen (secondary N) is 2. The molecule has 18 rings (SSSR count). The zero-order valence-electron chi connectivity index (χ0n) is 87.1. The molecule has 11 aliphatic rings. The van der Waals surface area contributed by atoms with Gasteiger partial charge in [-0.1, -0.05) is 190 Å². The minimum absolute atomic E-state index is 0. The van der Waals surface area contributed by atoms with Crippen molar-refractivity contribution in [2.45, 2.75) is 232 Å². The van der Waals surface area contributed by atoms with Gasteiger partial charge in [-0.05, 0) is 204 Å². The number of halogens is 1. The summed E-state index contributed by atoms with van der Waals surface area (Å²) in [5.74, 6) is -4.70. The Hall–Kier alpha value is -11.4. The Morgan fingerprint density at radius 3 is 1.01 bits per heavy atom. The van der Waals surface area contributed by atoms with Crippen molar-refractivity contribution in [3.63, 3.8) is 0 Å². The van der Waals surface area contributed by atoms with E-state index in [0.717, 1.165) is 129 Å². The number of fused-ring (bicyclic) bond motifs is 7. The fourth-order valence-corrected chi connectivity index (χ4v) is 19.6. The molecule has 7 aliphatic heterocycles. The fraction of sp³-hybridized carbons (Fsp3) is 0.464. The second kappa shape index (κ2) is 61.9. The van der Waals surface area contributed by atoms with Gasteiger partial charge in [0.1, 0.15) is 30.5 Å². The van der Waals surface area contributed by atoms with Gasteiger partial charge in [-0.3, -0.25) is 87.4 Å². The Morgan fingerprint density at radius 2 is 0.713 bits per heavy atom. The van der Waals surface area contributed by atoms with E-state index >= 15 is 0 Å². The molecule has 0 unspecified atom stereocenters. The van der Waals surface area contributed by atoms with E-state index in [4.69, 9.17) is 23.7 Å². The number of carbonyl (C=O) groups is 18. The van der Waals surface area contributed by atoms with E-state index in [1.807, 2.05) is 27.7 Å². The average molecular weight is 2160 g/mol. The molecule has 36 nitrogen and oxygen atoms in total. The number of likely N-dealkylation sites (N-methyl/N-ethyl adjacent to an activating group) is 2. The van der Waals surface area contributed by atoms with Crippen molar-refractivity contribution in [1.82, 2.24) is 40.0 Å². The standard InChI is InChI=1S/C23H32N2O5.C18H24N2O3.C17H19NO4.C14H17NO4.C10H7NO3.2C8H5NO2.C7H12O.C6H13BrO2.CH5N.K/c1-23(2,3)30-22(29)24(4)14-18(19(26)15-10-6-5-7-11-15)25-20(27)16-12-8-9-13-17(16)21(25)28;1-19-11-15(16(21)12-7-3-2-4-8-12)20-17(22)13-9-5-6-10-14(13)18(20)23;19-10-14(15(20)11-6-2-1-3-7-11)18-16(21)12-8-4-5-9-13(12)17(18)22;1-3-18-12(19-4-2)9-15-13(16)10-7-5-6-8-11(10)14(15)17;12-6-5-11-9(13)7-3-1-2-4-8(7)10(11)14;2*10-7-5-3-1-2-4-6(5)8(11)9-7;8-6-7-4-2-1-3-5-7;1-3-8-6(5-7)9-4-2;1-2;/h8-9,12-13,15,18-19,26H,5-7,10-11,14H2,1-4H3;5-6,9-10,12,15-16,19,21H,2-4,7-8,11H2,1H3;4-5,8-11,14-15,20H,1-3,6-7H2;5-8,12H,3-4,9H2,1-2H3;1-4,6H,5H2;2*1-4H,(H,9,10,11);6-7H,1-5H2;6H,3-5H2,1-2H3;2H2,1H3;/q;;;;;;;;;;+1/p-1/t18-,19+;15-,16+;14-,15+;;;;;;;;/m111......../s1. The molecule has 4 fully saturated rings. The summed E-state index contributed by atoms with van der Waals surface area (Å²) in [5.41, 5.74) is 9.39. The molecule has 150 heavy (non-hydrogen) atoms. The molecular formula is C112H138BrKN10O26. The summed E-state index contributed by atoms with van der Waals surface area (Å²) in [7, 11) is 4.84. The second-order valence-electron chi connectivity index (χ2n) is 37.6. The number of aliphatic hydroxyl groups is 3. The summed E-state index contributed by atoms with van der Waals surface area (Å²) in [5, 5.41) is 41.9. The van der Waals surface area contributed by atoms with Crippen LogP contribution < -0.4 is 67.8 Å². The van der Waals surface area contributed by atoms with Crippen LogP contribution in [0, 0.1) is 23.7 Å². The van der Waals surface area contributed by atoms with Crippen molar-refractivity contribution in [1.29, 1.82) is 0 Å². The predicted molar refractivity (Wildman–Crippen MR) is 556 cm³/mol. The molecule has 0 bridgehead atoms.